The number of Topliss-reactive ketones (excluding diaryl/α,β-unsaturated/α-hetero) is 2. The van der Waals surface area contributed by atoms with Gasteiger partial charge in [-0.05, 0) is 12.8 Å². The van der Waals surface area contributed by atoms with Gasteiger partial charge in [-0.2, -0.15) is 0 Å². The molecule has 0 unspecified atom stereocenters. The van der Waals surface area contributed by atoms with Crippen LogP contribution in [0.2, 0.25) is 0 Å². The van der Waals surface area contributed by atoms with E-state index in [0.717, 1.165) is 38.5 Å². The van der Waals surface area contributed by atoms with Crippen LogP contribution in [0.25, 0.3) is 0 Å². The van der Waals surface area contributed by atoms with E-state index in [1.54, 1.807) is 0 Å². The molecular weight excluding hydrogens is 422 g/mol. The fourth-order valence-electron chi connectivity index (χ4n) is 4.71. The number of hydrogen-bond donors (Lipinski definition) is 1. The second-order valence-electron chi connectivity index (χ2n) is 10.3. The minimum atomic E-state index is -1.22. The van der Waals surface area contributed by atoms with Crippen molar-refractivity contribution in [2.75, 3.05) is 0 Å². The largest absolute Gasteiger partial charge is 0.369 e. The molecular formula is C30H57NO3. The first-order valence-corrected chi connectivity index (χ1v) is 14.9. The Kier molecular flexibility index (Phi) is 24.0. The molecule has 0 aromatic carbocycles. The molecule has 0 aliphatic carbocycles. The fourth-order valence-corrected chi connectivity index (χ4v) is 4.71. The van der Waals surface area contributed by atoms with Gasteiger partial charge in [0.25, 0.3) is 0 Å². The van der Waals surface area contributed by atoms with Crippen molar-refractivity contribution in [2.45, 2.75) is 168 Å². The summed E-state index contributed by atoms with van der Waals surface area (Å²) in [5.41, 5.74) is 5.42. The van der Waals surface area contributed by atoms with Crippen LogP contribution in [0.1, 0.15) is 168 Å². The van der Waals surface area contributed by atoms with Crippen molar-refractivity contribution < 1.29 is 14.4 Å². The van der Waals surface area contributed by atoms with Crippen molar-refractivity contribution in [1.29, 1.82) is 0 Å². The van der Waals surface area contributed by atoms with E-state index in [0.29, 0.717) is 12.8 Å². The topological polar surface area (TPSA) is 77.2 Å². The van der Waals surface area contributed by atoms with E-state index in [4.69, 9.17) is 5.73 Å². The molecule has 0 rings (SSSR count). The van der Waals surface area contributed by atoms with Gasteiger partial charge in [0.05, 0.1) is 0 Å². The predicted octanol–water partition coefficient (Wildman–Crippen LogP) is 8.63. The van der Waals surface area contributed by atoms with Gasteiger partial charge in [0.15, 0.2) is 17.5 Å². The van der Waals surface area contributed by atoms with E-state index in [1.807, 2.05) is 0 Å². The predicted molar refractivity (Wildman–Crippen MR) is 145 cm³/mol. The molecule has 0 aromatic rings. The Morgan fingerprint density at radius 3 is 0.912 bits per heavy atom. The number of rotatable bonds is 27. The zero-order chi connectivity index (χ0) is 25.3. The van der Waals surface area contributed by atoms with E-state index >= 15 is 0 Å². The SMILES string of the molecule is CCCCCCCCCCCCCC(=O)C(C(N)=O)C(=O)CCCCCCCCCCCCC. The molecule has 0 saturated heterocycles. The van der Waals surface area contributed by atoms with Crippen LogP contribution in [0.4, 0.5) is 0 Å². The molecule has 0 aromatic heterocycles. The highest BCUT2D eigenvalue weighted by atomic mass is 16.2. The molecule has 0 radical (unpaired) electrons. The van der Waals surface area contributed by atoms with Gasteiger partial charge in [0.1, 0.15) is 0 Å². The molecule has 4 heteroatoms. The highest BCUT2D eigenvalue weighted by Crippen LogP contribution is 2.16. The lowest BCUT2D eigenvalue weighted by Gasteiger charge is -2.11. The lowest BCUT2D eigenvalue weighted by Crippen LogP contribution is -2.36. The van der Waals surface area contributed by atoms with E-state index in [1.165, 1.54) is 103 Å². The van der Waals surface area contributed by atoms with Crippen molar-refractivity contribution in [2.24, 2.45) is 11.7 Å². The Labute approximate surface area is 211 Å². The second kappa shape index (κ2) is 24.9. The third kappa shape index (κ3) is 20.2. The summed E-state index contributed by atoms with van der Waals surface area (Å²) in [4.78, 5) is 36.7. The minimum absolute atomic E-state index is 0.267. The molecule has 0 atom stereocenters. The summed E-state index contributed by atoms with van der Waals surface area (Å²) < 4.78 is 0. The number of carbonyl (C=O) groups excluding carboxylic acids is 3. The summed E-state index contributed by atoms with van der Waals surface area (Å²) >= 11 is 0. The van der Waals surface area contributed by atoms with Gasteiger partial charge in [-0.1, -0.05) is 142 Å². The number of primary amides is 1. The first-order chi connectivity index (χ1) is 16.5. The molecule has 1 amide bonds. The Bertz CT molecular complexity index is 465. The van der Waals surface area contributed by atoms with Crippen LogP contribution in [0, 0.1) is 5.92 Å². The Balaban J connectivity index is 3.79. The number of unbranched alkanes of at least 4 members (excludes halogenated alkanes) is 20. The van der Waals surface area contributed by atoms with Crippen molar-refractivity contribution >= 4 is 17.5 Å². The standard InChI is InChI=1S/C30H57NO3/c1-3-5-7-9-11-13-15-17-19-21-23-25-27(32)29(30(31)34)28(33)26-24-22-20-18-16-14-12-10-8-6-4-2/h29H,3-26H2,1-2H3,(H2,31,34). The van der Waals surface area contributed by atoms with Gasteiger partial charge >= 0.3 is 0 Å². The highest BCUT2D eigenvalue weighted by Gasteiger charge is 2.30. The summed E-state index contributed by atoms with van der Waals surface area (Å²) in [7, 11) is 0. The lowest BCUT2D eigenvalue weighted by molar-refractivity contribution is -0.139. The first kappa shape index (κ1) is 32.8. The Hall–Kier alpha value is -1.19. The van der Waals surface area contributed by atoms with Gasteiger partial charge in [-0.3, -0.25) is 14.4 Å². The average molecular weight is 480 g/mol. The number of nitrogens with two attached hydrogens (primary N) is 1. The maximum Gasteiger partial charge on any atom is 0.235 e. The van der Waals surface area contributed by atoms with Crippen molar-refractivity contribution in [3.63, 3.8) is 0 Å². The van der Waals surface area contributed by atoms with Crippen molar-refractivity contribution in [3.05, 3.63) is 0 Å². The van der Waals surface area contributed by atoms with Gasteiger partial charge < -0.3 is 5.73 Å². The molecule has 0 heterocycles. The zero-order valence-corrected chi connectivity index (χ0v) is 22.9. The molecule has 0 saturated carbocycles. The molecule has 2 N–H and O–H groups in total. The summed E-state index contributed by atoms with van der Waals surface area (Å²) in [5, 5.41) is 0. The second-order valence-corrected chi connectivity index (χ2v) is 10.3. The van der Waals surface area contributed by atoms with E-state index in [9.17, 15) is 14.4 Å². The van der Waals surface area contributed by atoms with Gasteiger partial charge in [0, 0.05) is 12.8 Å². The molecule has 0 bridgehead atoms. The summed E-state index contributed by atoms with van der Waals surface area (Å²) in [6, 6.07) is 0. The summed E-state index contributed by atoms with van der Waals surface area (Å²) in [6.45, 7) is 4.48. The lowest BCUT2D eigenvalue weighted by atomic mass is 9.91. The normalized spacial score (nSPS) is 11.3. The first-order valence-electron chi connectivity index (χ1n) is 14.9. The smallest absolute Gasteiger partial charge is 0.235 e. The number of amides is 1. The van der Waals surface area contributed by atoms with Crippen LogP contribution in [-0.4, -0.2) is 17.5 Å². The molecule has 34 heavy (non-hydrogen) atoms. The zero-order valence-electron chi connectivity index (χ0n) is 22.9. The highest BCUT2D eigenvalue weighted by molar-refractivity contribution is 6.18. The van der Waals surface area contributed by atoms with Gasteiger partial charge in [-0.25, -0.2) is 0 Å². The number of carbonyl (C=O) groups is 3. The molecule has 0 spiro atoms. The maximum atomic E-state index is 12.5. The van der Waals surface area contributed by atoms with Crippen LogP contribution >= 0.6 is 0 Å². The Morgan fingerprint density at radius 2 is 0.676 bits per heavy atom. The maximum absolute atomic E-state index is 12.5. The fraction of sp³-hybridized carbons (Fsp3) is 0.900. The van der Waals surface area contributed by atoms with Crippen molar-refractivity contribution in [1.82, 2.24) is 0 Å². The van der Waals surface area contributed by atoms with Gasteiger partial charge in [-0.15, -0.1) is 0 Å². The van der Waals surface area contributed by atoms with E-state index < -0.39 is 11.8 Å². The third-order valence-electron chi connectivity index (χ3n) is 6.98. The Morgan fingerprint density at radius 1 is 0.441 bits per heavy atom. The van der Waals surface area contributed by atoms with E-state index in [-0.39, 0.29) is 11.6 Å². The molecule has 0 aliphatic heterocycles. The van der Waals surface area contributed by atoms with Crippen LogP contribution in [0.15, 0.2) is 0 Å². The summed E-state index contributed by atoms with van der Waals surface area (Å²) in [5.74, 6) is -2.51. The molecule has 0 aliphatic rings. The van der Waals surface area contributed by atoms with Crippen LogP contribution in [0.3, 0.4) is 0 Å². The third-order valence-corrected chi connectivity index (χ3v) is 6.98. The quantitative estimate of drug-likeness (QED) is 0.0945. The monoisotopic (exact) mass is 479 g/mol. The van der Waals surface area contributed by atoms with Crippen molar-refractivity contribution in [3.8, 4) is 0 Å². The van der Waals surface area contributed by atoms with Crippen LogP contribution in [0.5, 0.6) is 0 Å². The average Bonchev–Trinajstić information content (AvgIpc) is 2.80. The minimum Gasteiger partial charge on any atom is -0.369 e. The van der Waals surface area contributed by atoms with Crippen LogP contribution in [-0.2, 0) is 14.4 Å². The molecule has 4 nitrogen and oxygen atoms in total. The van der Waals surface area contributed by atoms with Crippen LogP contribution < -0.4 is 5.73 Å². The molecule has 0 fully saturated rings. The molecule has 200 valence electrons. The number of hydrogen-bond acceptors (Lipinski definition) is 3. The van der Waals surface area contributed by atoms with Gasteiger partial charge in [0.2, 0.25) is 5.91 Å². The van der Waals surface area contributed by atoms with E-state index in [2.05, 4.69) is 13.8 Å². The summed E-state index contributed by atoms with van der Waals surface area (Å²) in [6.07, 6.45) is 27.2. The number of ketones is 2.